The van der Waals surface area contributed by atoms with Gasteiger partial charge >= 0.3 is 0 Å². The maximum absolute atomic E-state index is 12.3. The number of anilines is 1. The fourth-order valence-electron chi connectivity index (χ4n) is 3.05. The van der Waals surface area contributed by atoms with Crippen molar-refractivity contribution < 1.29 is 13.2 Å². The maximum Gasteiger partial charge on any atom is 0.238 e. The number of nitrogens with one attached hydrogen (secondary N) is 1. The van der Waals surface area contributed by atoms with E-state index in [4.69, 9.17) is 0 Å². The molecule has 1 fully saturated rings. The Bertz CT molecular complexity index is 711. The molecule has 1 saturated heterocycles. The summed E-state index contributed by atoms with van der Waals surface area (Å²) in [6.45, 7) is 8.52. The Labute approximate surface area is 157 Å². The van der Waals surface area contributed by atoms with Gasteiger partial charge in [0.25, 0.3) is 0 Å². The molecule has 0 radical (unpaired) electrons. The lowest BCUT2D eigenvalue weighted by molar-refractivity contribution is -0.117. The fourth-order valence-corrected chi connectivity index (χ4v) is 4.60. The first kappa shape index (κ1) is 20.9. The Morgan fingerprint density at radius 1 is 1.08 bits per heavy atom. The number of benzene rings is 1. The highest BCUT2D eigenvalue weighted by Crippen LogP contribution is 2.15. The molecule has 0 unspecified atom stereocenters. The molecular weight excluding hydrogens is 350 g/mol. The van der Waals surface area contributed by atoms with Crippen LogP contribution in [0.5, 0.6) is 0 Å². The summed E-state index contributed by atoms with van der Waals surface area (Å²) < 4.78 is 26.2. The van der Waals surface area contributed by atoms with E-state index >= 15 is 0 Å². The van der Waals surface area contributed by atoms with Gasteiger partial charge in [-0.3, -0.25) is 9.69 Å². The molecule has 1 heterocycles. The highest BCUT2D eigenvalue weighted by Gasteiger charge is 2.27. The minimum atomic E-state index is -3.16. The Kier molecular flexibility index (Phi) is 7.61. The first-order valence-electron chi connectivity index (χ1n) is 9.39. The minimum absolute atomic E-state index is 0.0625. The van der Waals surface area contributed by atoms with Crippen molar-refractivity contribution in [3.63, 3.8) is 0 Å². The van der Waals surface area contributed by atoms with Gasteiger partial charge in [0.05, 0.1) is 12.3 Å². The molecule has 0 aromatic heterocycles. The lowest BCUT2D eigenvalue weighted by Crippen LogP contribution is -2.50. The second-order valence-electron chi connectivity index (χ2n) is 7.05. The summed E-state index contributed by atoms with van der Waals surface area (Å²) in [7, 11) is -3.16. The van der Waals surface area contributed by atoms with Gasteiger partial charge < -0.3 is 5.32 Å². The Morgan fingerprint density at radius 3 is 2.38 bits per heavy atom. The van der Waals surface area contributed by atoms with Crippen LogP contribution in [0.2, 0.25) is 0 Å². The molecule has 0 atom stereocenters. The summed E-state index contributed by atoms with van der Waals surface area (Å²) in [4.78, 5) is 14.3. The van der Waals surface area contributed by atoms with Crippen LogP contribution in [0, 0.1) is 13.8 Å². The zero-order valence-corrected chi connectivity index (χ0v) is 16.9. The smallest absolute Gasteiger partial charge is 0.238 e. The monoisotopic (exact) mass is 381 g/mol. The number of sulfonamides is 1. The summed E-state index contributed by atoms with van der Waals surface area (Å²) in [5.74, 6) is 0.168. The molecule has 0 bridgehead atoms. The molecule has 0 aliphatic carbocycles. The van der Waals surface area contributed by atoms with Gasteiger partial charge in [0.2, 0.25) is 15.9 Å². The van der Waals surface area contributed by atoms with Crippen molar-refractivity contribution in [3.05, 3.63) is 29.3 Å². The van der Waals surface area contributed by atoms with Crippen LogP contribution in [-0.4, -0.2) is 62.0 Å². The quantitative estimate of drug-likeness (QED) is 0.702. The number of amides is 1. The third kappa shape index (κ3) is 6.07. The van der Waals surface area contributed by atoms with Crippen LogP contribution < -0.4 is 5.32 Å². The number of rotatable bonds is 8. The zero-order chi connectivity index (χ0) is 19.2. The molecule has 1 aromatic rings. The van der Waals surface area contributed by atoms with Gasteiger partial charge in [0.1, 0.15) is 0 Å². The number of carbonyl (C=O) groups is 1. The van der Waals surface area contributed by atoms with Gasteiger partial charge in [-0.2, -0.15) is 4.31 Å². The van der Waals surface area contributed by atoms with E-state index in [-0.39, 0.29) is 18.2 Å². The van der Waals surface area contributed by atoms with Gasteiger partial charge in [0.15, 0.2) is 0 Å². The highest BCUT2D eigenvalue weighted by atomic mass is 32.2. The number of carbonyl (C=O) groups excluding carboxylic acids is 1. The first-order valence-corrected chi connectivity index (χ1v) is 11.0. The number of unbranched alkanes of at least 4 members (excludes halogenated alkanes) is 2. The van der Waals surface area contributed by atoms with Crippen molar-refractivity contribution in [1.82, 2.24) is 9.21 Å². The summed E-state index contributed by atoms with van der Waals surface area (Å²) in [5.41, 5.74) is 3.14. The molecule has 6 nitrogen and oxygen atoms in total. The zero-order valence-electron chi connectivity index (χ0n) is 16.1. The van der Waals surface area contributed by atoms with Gasteiger partial charge in [-0.25, -0.2) is 8.42 Å². The molecule has 0 saturated carbocycles. The number of aryl methyl sites for hydroxylation is 2. The highest BCUT2D eigenvalue weighted by molar-refractivity contribution is 7.89. The number of hydrogen-bond donors (Lipinski definition) is 1. The largest absolute Gasteiger partial charge is 0.325 e. The van der Waals surface area contributed by atoms with Crippen LogP contribution in [0.3, 0.4) is 0 Å². The summed E-state index contributed by atoms with van der Waals surface area (Å²) in [6, 6.07) is 5.86. The Morgan fingerprint density at radius 2 is 1.77 bits per heavy atom. The molecule has 1 aromatic carbocycles. The van der Waals surface area contributed by atoms with E-state index in [0.29, 0.717) is 26.2 Å². The average molecular weight is 382 g/mol. The van der Waals surface area contributed by atoms with Gasteiger partial charge in [-0.05, 0) is 43.5 Å². The third-order valence-electron chi connectivity index (χ3n) is 4.89. The molecule has 26 heavy (non-hydrogen) atoms. The number of piperazine rings is 1. The first-order chi connectivity index (χ1) is 12.3. The number of hydrogen-bond acceptors (Lipinski definition) is 4. The third-order valence-corrected chi connectivity index (χ3v) is 6.84. The standard InChI is InChI=1S/C19H31N3O3S/c1-4-5-6-13-26(24,25)22-11-9-21(10-12-22)15-19(23)20-18-8-7-16(2)17(3)14-18/h7-8,14H,4-6,9-13,15H2,1-3H3,(H,20,23). The molecule has 2 rings (SSSR count). The van der Waals surface area contributed by atoms with Crippen molar-refractivity contribution in [2.45, 2.75) is 40.0 Å². The lowest BCUT2D eigenvalue weighted by Gasteiger charge is -2.33. The predicted octanol–water partition coefficient (Wildman–Crippen LogP) is 2.38. The average Bonchev–Trinajstić information content (AvgIpc) is 2.59. The van der Waals surface area contributed by atoms with Gasteiger partial charge in [-0.15, -0.1) is 0 Å². The predicted molar refractivity (Wildman–Crippen MR) is 106 cm³/mol. The number of nitrogens with zero attached hydrogens (tertiary/aromatic N) is 2. The minimum Gasteiger partial charge on any atom is -0.325 e. The van der Waals surface area contributed by atoms with E-state index in [0.717, 1.165) is 30.5 Å². The van der Waals surface area contributed by atoms with Crippen LogP contribution in [0.4, 0.5) is 5.69 Å². The SMILES string of the molecule is CCCCCS(=O)(=O)N1CCN(CC(=O)Nc2ccc(C)c(C)c2)CC1. The van der Waals surface area contributed by atoms with Crippen LogP contribution >= 0.6 is 0 Å². The van der Waals surface area contributed by atoms with Crippen LogP contribution in [0.1, 0.15) is 37.3 Å². The molecule has 146 valence electrons. The molecule has 1 aliphatic heterocycles. The van der Waals surface area contributed by atoms with Gasteiger partial charge in [-0.1, -0.05) is 25.8 Å². The van der Waals surface area contributed by atoms with Gasteiger partial charge in [0, 0.05) is 31.9 Å². The Balaban J connectivity index is 1.79. The summed E-state index contributed by atoms with van der Waals surface area (Å²) >= 11 is 0. The van der Waals surface area contributed by atoms with Crippen LogP contribution in [0.15, 0.2) is 18.2 Å². The maximum atomic E-state index is 12.3. The molecular formula is C19H31N3O3S. The van der Waals surface area contributed by atoms with Crippen molar-refractivity contribution in [1.29, 1.82) is 0 Å². The summed E-state index contributed by atoms with van der Waals surface area (Å²) in [6.07, 6.45) is 2.67. The van der Waals surface area contributed by atoms with E-state index in [1.54, 1.807) is 4.31 Å². The van der Waals surface area contributed by atoms with Crippen molar-refractivity contribution >= 4 is 21.6 Å². The molecule has 1 amide bonds. The summed E-state index contributed by atoms with van der Waals surface area (Å²) in [5, 5.41) is 2.92. The molecule has 1 aliphatic rings. The van der Waals surface area contributed by atoms with E-state index in [9.17, 15) is 13.2 Å². The second-order valence-corrected chi connectivity index (χ2v) is 9.13. The topological polar surface area (TPSA) is 69.7 Å². The van der Waals surface area contributed by atoms with E-state index in [2.05, 4.69) is 12.2 Å². The van der Waals surface area contributed by atoms with Crippen LogP contribution in [-0.2, 0) is 14.8 Å². The van der Waals surface area contributed by atoms with Crippen molar-refractivity contribution in [2.24, 2.45) is 0 Å². The van der Waals surface area contributed by atoms with E-state index < -0.39 is 10.0 Å². The fraction of sp³-hybridized carbons (Fsp3) is 0.632. The second kappa shape index (κ2) is 9.48. The Hall–Kier alpha value is -1.44. The molecule has 1 N–H and O–H groups in total. The normalized spacial score (nSPS) is 16.6. The van der Waals surface area contributed by atoms with Crippen molar-refractivity contribution in [2.75, 3.05) is 43.8 Å². The molecule has 0 spiro atoms. The van der Waals surface area contributed by atoms with E-state index in [1.165, 1.54) is 5.56 Å². The van der Waals surface area contributed by atoms with Crippen LogP contribution in [0.25, 0.3) is 0 Å². The molecule has 7 heteroatoms. The van der Waals surface area contributed by atoms with E-state index in [1.807, 2.05) is 36.9 Å². The van der Waals surface area contributed by atoms with Crippen molar-refractivity contribution in [3.8, 4) is 0 Å². The lowest BCUT2D eigenvalue weighted by atomic mass is 10.1.